The fourth-order valence-corrected chi connectivity index (χ4v) is 4.79. The number of sulfonamides is 1. The molecule has 0 saturated carbocycles. The number of nitrogens with zero attached hydrogens (tertiary/aromatic N) is 2. The lowest BCUT2D eigenvalue weighted by atomic mass is 10.1. The molecule has 0 saturated heterocycles. The highest BCUT2D eigenvalue weighted by Crippen LogP contribution is 2.22. The van der Waals surface area contributed by atoms with Crippen molar-refractivity contribution in [3.63, 3.8) is 0 Å². The molecule has 1 unspecified atom stereocenters. The van der Waals surface area contributed by atoms with Crippen molar-refractivity contribution in [1.29, 1.82) is 0 Å². The molecule has 0 bridgehead atoms. The molecular formula is C26H36FN3O4S. The van der Waals surface area contributed by atoms with E-state index in [-0.39, 0.29) is 49.5 Å². The number of hydrogen-bond donors (Lipinski definition) is 1. The van der Waals surface area contributed by atoms with E-state index in [1.165, 1.54) is 18.2 Å². The van der Waals surface area contributed by atoms with E-state index in [0.717, 1.165) is 21.7 Å². The standard InChI is InChI=1S/C26H36FN3O4S/c1-6-23(26(32)28-19(2)3)29(18-21-15-13-20(4)14-16-21)25(31)12-9-17-30(35(5,33)34)24-11-8-7-10-22(24)27/h7-8,10-11,13-16,19,23H,6,9,12,17-18H2,1-5H3,(H,28,32). The van der Waals surface area contributed by atoms with E-state index in [2.05, 4.69) is 5.32 Å². The molecule has 0 aliphatic rings. The van der Waals surface area contributed by atoms with Gasteiger partial charge >= 0.3 is 0 Å². The molecule has 35 heavy (non-hydrogen) atoms. The summed E-state index contributed by atoms with van der Waals surface area (Å²) in [5, 5.41) is 2.88. The third-order valence-corrected chi connectivity index (χ3v) is 6.74. The van der Waals surface area contributed by atoms with Gasteiger partial charge in [0, 0.05) is 25.6 Å². The number of carbonyl (C=O) groups excluding carboxylic acids is 2. The van der Waals surface area contributed by atoms with Crippen LogP contribution in [0.15, 0.2) is 48.5 Å². The van der Waals surface area contributed by atoms with Crippen molar-refractivity contribution in [2.45, 2.75) is 65.6 Å². The zero-order chi connectivity index (χ0) is 26.2. The van der Waals surface area contributed by atoms with E-state index in [1.807, 2.05) is 52.0 Å². The van der Waals surface area contributed by atoms with Crippen molar-refractivity contribution >= 4 is 27.5 Å². The number of amides is 2. The highest BCUT2D eigenvalue weighted by atomic mass is 32.2. The average Bonchev–Trinajstić information content (AvgIpc) is 2.77. The number of carbonyl (C=O) groups is 2. The van der Waals surface area contributed by atoms with Crippen LogP contribution in [0.2, 0.25) is 0 Å². The van der Waals surface area contributed by atoms with Gasteiger partial charge in [-0.05, 0) is 51.3 Å². The SMILES string of the molecule is CCC(C(=O)NC(C)C)N(Cc1ccc(C)cc1)C(=O)CCCN(c1ccccc1F)S(C)(=O)=O. The lowest BCUT2D eigenvalue weighted by Crippen LogP contribution is -2.50. The lowest BCUT2D eigenvalue weighted by Gasteiger charge is -2.31. The predicted octanol–water partition coefficient (Wildman–Crippen LogP) is 4.01. The largest absolute Gasteiger partial charge is 0.352 e. The summed E-state index contributed by atoms with van der Waals surface area (Å²) in [6.45, 7) is 7.74. The Hall–Kier alpha value is -2.94. The summed E-state index contributed by atoms with van der Waals surface area (Å²) >= 11 is 0. The molecular weight excluding hydrogens is 469 g/mol. The molecule has 0 spiro atoms. The first-order valence-corrected chi connectivity index (χ1v) is 13.7. The fraction of sp³-hybridized carbons (Fsp3) is 0.462. The minimum Gasteiger partial charge on any atom is -0.352 e. The molecule has 2 aromatic carbocycles. The maximum atomic E-state index is 14.3. The Morgan fingerprint density at radius 2 is 1.69 bits per heavy atom. The molecule has 2 rings (SSSR count). The zero-order valence-electron chi connectivity index (χ0n) is 21.1. The monoisotopic (exact) mass is 505 g/mol. The van der Waals surface area contributed by atoms with E-state index in [4.69, 9.17) is 0 Å². The van der Waals surface area contributed by atoms with Gasteiger partial charge in [0.15, 0.2) is 0 Å². The van der Waals surface area contributed by atoms with Crippen LogP contribution in [0, 0.1) is 12.7 Å². The second kappa shape index (κ2) is 12.7. The number of halogens is 1. The Morgan fingerprint density at radius 1 is 1.06 bits per heavy atom. The highest BCUT2D eigenvalue weighted by Gasteiger charge is 2.29. The number of nitrogens with one attached hydrogen (secondary N) is 1. The molecule has 1 N–H and O–H groups in total. The second-order valence-corrected chi connectivity index (χ2v) is 10.9. The molecule has 1 atom stereocenters. The molecule has 0 aromatic heterocycles. The summed E-state index contributed by atoms with van der Waals surface area (Å²) in [6.07, 6.45) is 1.62. The Morgan fingerprint density at radius 3 is 2.23 bits per heavy atom. The molecule has 0 aliphatic carbocycles. The van der Waals surface area contributed by atoms with E-state index in [0.29, 0.717) is 6.42 Å². The van der Waals surface area contributed by atoms with E-state index in [1.54, 1.807) is 11.0 Å². The first kappa shape index (κ1) is 28.3. The maximum Gasteiger partial charge on any atom is 0.243 e. The van der Waals surface area contributed by atoms with Gasteiger partial charge in [0.05, 0.1) is 11.9 Å². The van der Waals surface area contributed by atoms with E-state index in [9.17, 15) is 22.4 Å². The van der Waals surface area contributed by atoms with Crippen molar-refractivity contribution < 1.29 is 22.4 Å². The van der Waals surface area contributed by atoms with Crippen LogP contribution in [-0.2, 0) is 26.2 Å². The lowest BCUT2D eigenvalue weighted by molar-refractivity contribution is -0.141. The van der Waals surface area contributed by atoms with Crippen molar-refractivity contribution in [2.24, 2.45) is 0 Å². The number of hydrogen-bond acceptors (Lipinski definition) is 4. The molecule has 0 radical (unpaired) electrons. The second-order valence-electron chi connectivity index (χ2n) is 8.98. The van der Waals surface area contributed by atoms with E-state index >= 15 is 0 Å². The van der Waals surface area contributed by atoms with Crippen LogP contribution >= 0.6 is 0 Å². The molecule has 2 amide bonds. The molecule has 0 aliphatic heterocycles. The molecule has 192 valence electrons. The number of para-hydroxylation sites is 1. The minimum atomic E-state index is -3.75. The van der Waals surface area contributed by atoms with E-state index < -0.39 is 21.9 Å². The van der Waals surface area contributed by atoms with Crippen molar-refractivity contribution in [3.05, 3.63) is 65.5 Å². The Labute approximate surface area is 208 Å². The number of benzene rings is 2. The Bertz CT molecular complexity index is 1100. The minimum absolute atomic E-state index is 0.0117. The van der Waals surface area contributed by atoms with Gasteiger partial charge in [-0.2, -0.15) is 0 Å². The third kappa shape index (κ3) is 8.35. The van der Waals surface area contributed by atoms with Crippen LogP contribution in [0.4, 0.5) is 10.1 Å². The smallest absolute Gasteiger partial charge is 0.243 e. The van der Waals surface area contributed by atoms with Crippen LogP contribution in [0.1, 0.15) is 51.2 Å². The summed E-state index contributed by atoms with van der Waals surface area (Å²) in [5.41, 5.74) is 1.93. The van der Waals surface area contributed by atoms with Gasteiger partial charge in [0.2, 0.25) is 21.8 Å². The molecule has 0 heterocycles. The third-order valence-electron chi connectivity index (χ3n) is 5.56. The summed E-state index contributed by atoms with van der Waals surface area (Å²) in [4.78, 5) is 27.8. The molecule has 2 aromatic rings. The average molecular weight is 506 g/mol. The van der Waals surface area contributed by atoms with Crippen molar-refractivity contribution in [2.75, 3.05) is 17.1 Å². The first-order valence-electron chi connectivity index (χ1n) is 11.8. The Kier molecular flexibility index (Phi) is 10.2. The number of aryl methyl sites for hydroxylation is 1. The van der Waals surface area contributed by atoms with Gasteiger partial charge < -0.3 is 10.2 Å². The van der Waals surface area contributed by atoms with Crippen molar-refractivity contribution in [1.82, 2.24) is 10.2 Å². The maximum absolute atomic E-state index is 14.3. The van der Waals surface area contributed by atoms with Crippen LogP contribution in [-0.4, -0.2) is 50.0 Å². The Balaban J connectivity index is 2.22. The topological polar surface area (TPSA) is 86.8 Å². The van der Waals surface area contributed by atoms with Gasteiger partial charge in [-0.25, -0.2) is 12.8 Å². The molecule has 0 fully saturated rings. The normalized spacial score (nSPS) is 12.3. The summed E-state index contributed by atoms with van der Waals surface area (Å²) in [7, 11) is -3.75. The summed E-state index contributed by atoms with van der Waals surface area (Å²) in [5.74, 6) is -1.15. The molecule has 9 heteroatoms. The van der Waals surface area contributed by atoms with Gasteiger partial charge in [-0.15, -0.1) is 0 Å². The van der Waals surface area contributed by atoms with Gasteiger partial charge in [-0.3, -0.25) is 13.9 Å². The fourth-order valence-electron chi connectivity index (χ4n) is 3.83. The summed E-state index contributed by atoms with van der Waals surface area (Å²) in [6, 6.07) is 12.6. The molecule has 7 nitrogen and oxygen atoms in total. The van der Waals surface area contributed by atoms with Crippen LogP contribution < -0.4 is 9.62 Å². The summed E-state index contributed by atoms with van der Waals surface area (Å²) < 4.78 is 39.9. The van der Waals surface area contributed by atoms with Gasteiger partial charge in [-0.1, -0.05) is 48.9 Å². The van der Waals surface area contributed by atoms with Gasteiger partial charge in [0.1, 0.15) is 11.9 Å². The van der Waals surface area contributed by atoms with Crippen LogP contribution in [0.5, 0.6) is 0 Å². The quantitative estimate of drug-likeness (QED) is 0.472. The van der Waals surface area contributed by atoms with Crippen LogP contribution in [0.25, 0.3) is 0 Å². The van der Waals surface area contributed by atoms with Crippen LogP contribution in [0.3, 0.4) is 0 Å². The predicted molar refractivity (Wildman–Crippen MR) is 137 cm³/mol. The number of rotatable bonds is 12. The van der Waals surface area contributed by atoms with Crippen molar-refractivity contribution in [3.8, 4) is 0 Å². The highest BCUT2D eigenvalue weighted by molar-refractivity contribution is 7.92. The number of anilines is 1. The van der Waals surface area contributed by atoms with Gasteiger partial charge in [0.25, 0.3) is 0 Å². The first-order chi connectivity index (χ1) is 16.4. The zero-order valence-corrected chi connectivity index (χ0v) is 21.9.